The SMILES string of the molecule is O=C(Nc1cccc2cccnc12)[C@]1(Cc2ccccc2)CCC[C@@H]2C[C@@H]21. The van der Waals surface area contributed by atoms with Gasteiger partial charge in [0.05, 0.1) is 16.6 Å². The molecule has 2 saturated carbocycles. The lowest BCUT2D eigenvalue weighted by molar-refractivity contribution is -0.128. The van der Waals surface area contributed by atoms with E-state index in [-0.39, 0.29) is 11.3 Å². The molecule has 0 spiro atoms. The Morgan fingerprint density at radius 3 is 2.81 bits per heavy atom. The minimum absolute atomic E-state index is 0.178. The van der Waals surface area contributed by atoms with E-state index in [1.165, 1.54) is 18.4 Å². The monoisotopic (exact) mass is 356 g/mol. The van der Waals surface area contributed by atoms with Crippen molar-refractivity contribution >= 4 is 22.5 Å². The topological polar surface area (TPSA) is 42.0 Å². The standard InChI is InChI=1S/C24H24N2O/c27-23(26-21-12-4-9-18-11-6-14-25-22(18)21)24(13-5-10-19-15-20(19)24)16-17-7-2-1-3-8-17/h1-4,6-9,11-12,14,19-20H,5,10,13,15-16H2,(H,26,27)/t19-,20+,24+/m1/s1. The van der Waals surface area contributed by atoms with Gasteiger partial charge in [-0.3, -0.25) is 9.78 Å². The van der Waals surface area contributed by atoms with E-state index in [1.807, 2.05) is 36.4 Å². The molecule has 0 radical (unpaired) electrons. The summed E-state index contributed by atoms with van der Waals surface area (Å²) < 4.78 is 0. The van der Waals surface area contributed by atoms with Crippen LogP contribution in [0.3, 0.4) is 0 Å². The van der Waals surface area contributed by atoms with Crippen molar-refractivity contribution in [2.24, 2.45) is 17.3 Å². The van der Waals surface area contributed by atoms with Gasteiger partial charge in [-0.1, -0.05) is 61.4 Å². The molecule has 1 amide bonds. The number of pyridine rings is 1. The Kier molecular flexibility index (Phi) is 3.96. The third-order valence-corrected chi connectivity index (χ3v) is 6.53. The first kappa shape index (κ1) is 16.5. The van der Waals surface area contributed by atoms with Gasteiger partial charge in [0.2, 0.25) is 5.91 Å². The number of para-hydroxylation sites is 1. The van der Waals surface area contributed by atoms with E-state index in [0.29, 0.717) is 5.92 Å². The second-order valence-corrected chi connectivity index (χ2v) is 8.15. The third kappa shape index (κ3) is 2.91. The molecule has 3 atom stereocenters. The minimum atomic E-state index is -0.290. The van der Waals surface area contributed by atoms with Gasteiger partial charge in [0.25, 0.3) is 0 Å². The average Bonchev–Trinajstić information content (AvgIpc) is 3.50. The second kappa shape index (κ2) is 6.49. The van der Waals surface area contributed by atoms with E-state index in [1.54, 1.807) is 6.20 Å². The molecule has 5 rings (SSSR count). The molecule has 2 fully saturated rings. The van der Waals surface area contributed by atoms with Gasteiger partial charge >= 0.3 is 0 Å². The summed E-state index contributed by atoms with van der Waals surface area (Å²) in [6.45, 7) is 0. The van der Waals surface area contributed by atoms with Crippen molar-refractivity contribution in [2.45, 2.75) is 32.1 Å². The molecule has 0 unspecified atom stereocenters. The average molecular weight is 356 g/mol. The predicted molar refractivity (Wildman–Crippen MR) is 108 cm³/mol. The van der Waals surface area contributed by atoms with Crippen LogP contribution in [0.1, 0.15) is 31.2 Å². The number of benzene rings is 2. The maximum atomic E-state index is 13.6. The number of fused-ring (bicyclic) bond motifs is 2. The first-order valence-corrected chi connectivity index (χ1v) is 9.95. The lowest BCUT2D eigenvalue weighted by atomic mass is 9.69. The van der Waals surface area contributed by atoms with Crippen LogP contribution in [0.4, 0.5) is 5.69 Å². The third-order valence-electron chi connectivity index (χ3n) is 6.53. The molecule has 3 nitrogen and oxygen atoms in total. The van der Waals surface area contributed by atoms with Gasteiger partial charge in [0.1, 0.15) is 0 Å². The molecule has 0 aliphatic heterocycles. The van der Waals surface area contributed by atoms with E-state index in [4.69, 9.17) is 0 Å². The lowest BCUT2D eigenvalue weighted by Crippen LogP contribution is -2.42. The number of hydrogen-bond acceptors (Lipinski definition) is 2. The van der Waals surface area contributed by atoms with Crippen molar-refractivity contribution in [2.75, 3.05) is 5.32 Å². The molecule has 2 aliphatic rings. The number of hydrogen-bond donors (Lipinski definition) is 1. The molecule has 1 aromatic heterocycles. The van der Waals surface area contributed by atoms with Crippen molar-refractivity contribution in [1.82, 2.24) is 4.98 Å². The molecule has 1 heterocycles. The minimum Gasteiger partial charge on any atom is -0.324 e. The molecule has 2 aromatic carbocycles. The van der Waals surface area contributed by atoms with E-state index >= 15 is 0 Å². The second-order valence-electron chi connectivity index (χ2n) is 8.15. The first-order chi connectivity index (χ1) is 13.3. The normalized spacial score (nSPS) is 26.4. The Labute approximate surface area is 159 Å². The highest BCUT2D eigenvalue weighted by molar-refractivity contribution is 6.02. The van der Waals surface area contributed by atoms with E-state index < -0.39 is 0 Å². The summed E-state index contributed by atoms with van der Waals surface area (Å²) in [4.78, 5) is 18.1. The van der Waals surface area contributed by atoms with Crippen LogP contribution in [0.25, 0.3) is 10.9 Å². The number of aromatic nitrogens is 1. The molecule has 1 N–H and O–H groups in total. The number of amides is 1. The molecule has 2 aliphatic carbocycles. The molecule has 0 bridgehead atoms. The lowest BCUT2D eigenvalue weighted by Gasteiger charge is -2.36. The molecule has 3 aromatic rings. The highest BCUT2D eigenvalue weighted by Crippen LogP contribution is 2.60. The summed E-state index contributed by atoms with van der Waals surface area (Å²) >= 11 is 0. The van der Waals surface area contributed by atoms with Crippen molar-refractivity contribution < 1.29 is 4.79 Å². The quantitative estimate of drug-likeness (QED) is 0.696. The maximum absolute atomic E-state index is 13.6. The van der Waals surface area contributed by atoms with Crippen LogP contribution in [0.15, 0.2) is 66.9 Å². The predicted octanol–water partition coefficient (Wildman–Crippen LogP) is 5.22. The van der Waals surface area contributed by atoms with E-state index in [2.05, 4.69) is 34.6 Å². The van der Waals surface area contributed by atoms with Crippen LogP contribution in [-0.2, 0) is 11.2 Å². The first-order valence-electron chi connectivity index (χ1n) is 9.95. The fraction of sp³-hybridized carbons (Fsp3) is 0.333. The van der Waals surface area contributed by atoms with Gasteiger partial charge in [-0.05, 0) is 48.8 Å². The van der Waals surface area contributed by atoms with Crippen molar-refractivity contribution in [3.63, 3.8) is 0 Å². The van der Waals surface area contributed by atoms with Crippen LogP contribution in [0.5, 0.6) is 0 Å². The van der Waals surface area contributed by atoms with Gasteiger partial charge in [0.15, 0.2) is 0 Å². The Balaban J connectivity index is 1.49. The van der Waals surface area contributed by atoms with E-state index in [9.17, 15) is 4.79 Å². The zero-order valence-corrected chi connectivity index (χ0v) is 15.4. The molecule has 136 valence electrons. The highest BCUT2D eigenvalue weighted by Gasteiger charge is 2.58. The van der Waals surface area contributed by atoms with E-state index in [0.717, 1.165) is 41.8 Å². The number of nitrogens with zero attached hydrogens (tertiary/aromatic N) is 1. The molecule has 27 heavy (non-hydrogen) atoms. The van der Waals surface area contributed by atoms with Crippen molar-refractivity contribution in [3.8, 4) is 0 Å². The summed E-state index contributed by atoms with van der Waals surface area (Å²) in [6.07, 6.45) is 7.23. The Morgan fingerprint density at radius 2 is 1.93 bits per heavy atom. The number of nitrogens with one attached hydrogen (secondary N) is 1. The zero-order chi connectivity index (χ0) is 18.3. The highest BCUT2D eigenvalue weighted by atomic mass is 16.2. The van der Waals surface area contributed by atoms with Crippen LogP contribution < -0.4 is 5.32 Å². The summed E-state index contributed by atoms with van der Waals surface area (Å²) in [5, 5.41) is 4.33. The molecule has 3 heteroatoms. The van der Waals surface area contributed by atoms with Gasteiger partial charge < -0.3 is 5.32 Å². The van der Waals surface area contributed by atoms with Gasteiger partial charge in [-0.15, -0.1) is 0 Å². The fourth-order valence-corrected chi connectivity index (χ4v) is 5.10. The van der Waals surface area contributed by atoms with Crippen LogP contribution in [0, 0.1) is 17.3 Å². The van der Waals surface area contributed by atoms with Gasteiger partial charge in [-0.25, -0.2) is 0 Å². The fourth-order valence-electron chi connectivity index (χ4n) is 5.10. The van der Waals surface area contributed by atoms with Crippen LogP contribution in [-0.4, -0.2) is 10.9 Å². The Hall–Kier alpha value is -2.68. The summed E-state index contributed by atoms with van der Waals surface area (Å²) in [5.41, 5.74) is 2.66. The zero-order valence-electron chi connectivity index (χ0n) is 15.4. The molecular weight excluding hydrogens is 332 g/mol. The Morgan fingerprint density at radius 1 is 1.07 bits per heavy atom. The number of rotatable bonds is 4. The van der Waals surface area contributed by atoms with Gasteiger partial charge in [0, 0.05) is 11.6 Å². The van der Waals surface area contributed by atoms with Crippen LogP contribution >= 0.6 is 0 Å². The van der Waals surface area contributed by atoms with Gasteiger partial charge in [-0.2, -0.15) is 0 Å². The summed E-state index contributed by atoms with van der Waals surface area (Å²) in [7, 11) is 0. The summed E-state index contributed by atoms with van der Waals surface area (Å²) in [6, 6.07) is 20.5. The number of carbonyl (C=O) groups is 1. The number of carbonyl (C=O) groups excluding carboxylic acids is 1. The van der Waals surface area contributed by atoms with Crippen molar-refractivity contribution in [3.05, 3.63) is 72.4 Å². The maximum Gasteiger partial charge on any atom is 0.231 e. The number of anilines is 1. The summed E-state index contributed by atoms with van der Waals surface area (Å²) in [5.74, 6) is 1.44. The molecular formula is C24H24N2O. The molecule has 0 saturated heterocycles. The van der Waals surface area contributed by atoms with Crippen LogP contribution in [0.2, 0.25) is 0 Å². The largest absolute Gasteiger partial charge is 0.324 e. The van der Waals surface area contributed by atoms with Crippen molar-refractivity contribution in [1.29, 1.82) is 0 Å². The smallest absolute Gasteiger partial charge is 0.231 e. The Bertz CT molecular complexity index is 979.